The lowest BCUT2D eigenvalue weighted by Crippen LogP contribution is -2.04. The molecule has 0 radical (unpaired) electrons. The SMILES string of the molecule is CCc1nc(-c2ccccc2OC(F)F)nc(Cl)c1Br. The second kappa shape index (κ2) is 6.45. The number of alkyl halides is 2. The van der Waals surface area contributed by atoms with Crippen LogP contribution in [0.15, 0.2) is 28.7 Å². The second-order valence-corrected chi connectivity index (χ2v) is 4.98. The topological polar surface area (TPSA) is 35.0 Å². The maximum absolute atomic E-state index is 12.4. The fourth-order valence-electron chi connectivity index (χ4n) is 1.67. The smallest absolute Gasteiger partial charge is 0.387 e. The van der Waals surface area contributed by atoms with Crippen LogP contribution in [0.3, 0.4) is 0 Å². The van der Waals surface area contributed by atoms with Crippen molar-refractivity contribution in [3.05, 3.63) is 39.6 Å². The van der Waals surface area contributed by atoms with Gasteiger partial charge in [-0.3, -0.25) is 0 Å². The fraction of sp³-hybridized carbons (Fsp3) is 0.231. The third kappa shape index (κ3) is 3.24. The highest BCUT2D eigenvalue weighted by atomic mass is 79.9. The molecule has 0 spiro atoms. The summed E-state index contributed by atoms with van der Waals surface area (Å²) in [6.07, 6.45) is 0.633. The van der Waals surface area contributed by atoms with Crippen LogP contribution in [0.25, 0.3) is 11.4 Å². The number of hydrogen-bond acceptors (Lipinski definition) is 3. The van der Waals surface area contributed by atoms with Gasteiger partial charge in [0.25, 0.3) is 0 Å². The monoisotopic (exact) mass is 362 g/mol. The number of aromatic nitrogens is 2. The zero-order valence-corrected chi connectivity index (χ0v) is 12.8. The Balaban J connectivity index is 2.54. The van der Waals surface area contributed by atoms with Gasteiger partial charge in [-0.25, -0.2) is 9.97 Å². The van der Waals surface area contributed by atoms with Gasteiger partial charge < -0.3 is 4.74 Å². The van der Waals surface area contributed by atoms with E-state index in [0.29, 0.717) is 22.2 Å². The summed E-state index contributed by atoms with van der Waals surface area (Å²) in [5, 5.41) is 0.235. The van der Waals surface area contributed by atoms with Gasteiger partial charge in [0, 0.05) is 0 Å². The van der Waals surface area contributed by atoms with Gasteiger partial charge in [-0.15, -0.1) is 0 Å². The standard InChI is InChI=1S/C13H10BrClF2N2O/c1-2-8-10(14)11(15)19-12(18-8)7-5-3-4-6-9(7)20-13(16)17/h3-6,13H,2H2,1H3. The molecule has 1 aromatic heterocycles. The molecule has 0 amide bonds. The molecule has 1 heterocycles. The Bertz CT molecular complexity index is 625. The van der Waals surface area contributed by atoms with E-state index in [1.54, 1.807) is 18.2 Å². The van der Waals surface area contributed by atoms with Gasteiger partial charge in [-0.05, 0) is 34.5 Å². The first-order valence-corrected chi connectivity index (χ1v) is 6.96. The number of halogens is 4. The van der Waals surface area contributed by atoms with Gasteiger partial charge in [0.1, 0.15) is 10.9 Å². The van der Waals surface area contributed by atoms with E-state index in [1.165, 1.54) is 6.07 Å². The van der Waals surface area contributed by atoms with Gasteiger partial charge in [-0.1, -0.05) is 30.7 Å². The molecule has 0 aliphatic heterocycles. The van der Waals surface area contributed by atoms with Crippen LogP contribution in [0.1, 0.15) is 12.6 Å². The van der Waals surface area contributed by atoms with Crippen molar-refractivity contribution in [2.45, 2.75) is 20.0 Å². The number of hydrogen-bond donors (Lipinski definition) is 0. The minimum absolute atomic E-state index is 0.0166. The third-order valence-electron chi connectivity index (χ3n) is 2.56. The summed E-state index contributed by atoms with van der Waals surface area (Å²) in [6, 6.07) is 6.34. The van der Waals surface area contributed by atoms with Gasteiger partial charge in [-0.2, -0.15) is 8.78 Å². The molecule has 0 saturated heterocycles. The lowest BCUT2D eigenvalue weighted by molar-refractivity contribution is -0.0494. The summed E-state index contributed by atoms with van der Waals surface area (Å²) in [4.78, 5) is 8.42. The number of nitrogens with zero attached hydrogens (tertiary/aromatic N) is 2. The molecule has 20 heavy (non-hydrogen) atoms. The first-order chi connectivity index (χ1) is 9.52. The molecular weight excluding hydrogens is 354 g/mol. The van der Waals surface area contributed by atoms with Crippen LogP contribution in [0.4, 0.5) is 8.78 Å². The van der Waals surface area contributed by atoms with E-state index in [2.05, 4.69) is 30.6 Å². The van der Waals surface area contributed by atoms with Crippen molar-refractivity contribution in [2.24, 2.45) is 0 Å². The third-order valence-corrected chi connectivity index (χ3v) is 3.89. The number of rotatable bonds is 4. The fourth-order valence-corrected chi connectivity index (χ4v) is 2.31. The summed E-state index contributed by atoms with van der Waals surface area (Å²) in [7, 11) is 0. The highest BCUT2D eigenvalue weighted by Crippen LogP contribution is 2.32. The summed E-state index contributed by atoms with van der Waals surface area (Å²) in [5.41, 5.74) is 1.07. The second-order valence-electron chi connectivity index (χ2n) is 3.83. The Morgan fingerprint density at radius 3 is 2.65 bits per heavy atom. The minimum atomic E-state index is -2.91. The molecule has 0 N–H and O–H groups in total. The normalized spacial score (nSPS) is 10.9. The number of para-hydroxylation sites is 1. The van der Waals surface area contributed by atoms with Crippen LogP contribution < -0.4 is 4.74 Å². The zero-order valence-electron chi connectivity index (χ0n) is 10.4. The molecule has 1 aromatic carbocycles. The molecule has 0 aliphatic carbocycles. The summed E-state index contributed by atoms with van der Waals surface area (Å²) < 4.78 is 29.9. The summed E-state index contributed by atoms with van der Waals surface area (Å²) >= 11 is 9.32. The molecule has 7 heteroatoms. The number of benzene rings is 1. The van der Waals surface area contributed by atoms with E-state index in [-0.39, 0.29) is 16.7 Å². The van der Waals surface area contributed by atoms with Crippen LogP contribution in [-0.2, 0) is 6.42 Å². The Labute approximate surface area is 128 Å². The molecule has 3 nitrogen and oxygen atoms in total. The van der Waals surface area contributed by atoms with Crippen molar-refractivity contribution in [1.82, 2.24) is 9.97 Å². The highest BCUT2D eigenvalue weighted by Gasteiger charge is 2.16. The van der Waals surface area contributed by atoms with E-state index in [1.807, 2.05) is 6.92 Å². The van der Waals surface area contributed by atoms with E-state index in [4.69, 9.17) is 11.6 Å². The molecular formula is C13H10BrClF2N2O. The molecule has 2 rings (SSSR count). The Morgan fingerprint density at radius 1 is 1.30 bits per heavy atom. The van der Waals surface area contributed by atoms with Crippen molar-refractivity contribution in [3.63, 3.8) is 0 Å². The Kier molecular flexibility index (Phi) is 4.88. The van der Waals surface area contributed by atoms with E-state index >= 15 is 0 Å². The molecule has 2 aromatic rings. The lowest BCUT2D eigenvalue weighted by Gasteiger charge is -2.11. The van der Waals surface area contributed by atoms with E-state index < -0.39 is 6.61 Å². The van der Waals surface area contributed by atoms with Gasteiger partial charge >= 0.3 is 6.61 Å². The number of ether oxygens (including phenoxy) is 1. The van der Waals surface area contributed by atoms with Crippen molar-refractivity contribution in [3.8, 4) is 17.1 Å². The first kappa shape index (κ1) is 15.1. The lowest BCUT2D eigenvalue weighted by atomic mass is 10.2. The molecule has 0 atom stereocenters. The zero-order chi connectivity index (χ0) is 14.7. The predicted octanol–water partition coefficient (Wildman–Crippen LogP) is 4.72. The molecule has 0 unspecified atom stereocenters. The molecule has 106 valence electrons. The largest absolute Gasteiger partial charge is 0.434 e. The maximum Gasteiger partial charge on any atom is 0.387 e. The highest BCUT2D eigenvalue weighted by molar-refractivity contribution is 9.10. The van der Waals surface area contributed by atoms with Crippen LogP contribution >= 0.6 is 27.5 Å². The quantitative estimate of drug-likeness (QED) is 0.737. The van der Waals surface area contributed by atoms with Crippen molar-refractivity contribution in [2.75, 3.05) is 0 Å². The van der Waals surface area contributed by atoms with Crippen LogP contribution in [0, 0.1) is 0 Å². The molecule has 0 saturated carbocycles. The average Bonchev–Trinajstić information content (AvgIpc) is 2.42. The molecule has 0 fully saturated rings. The van der Waals surface area contributed by atoms with Crippen LogP contribution in [0.5, 0.6) is 5.75 Å². The summed E-state index contributed by atoms with van der Waals surface area (Å²) in [5.74, 6) is 0.272. The number of aryl methyl sites for hydroxylation is 1. The van der Waals surface area contributed by atoms with Crippen molar-refractivity contribution < 1.29 is 13.5 Å². The van der Waals surface area contributed by atoms with Crippen LogP contribution in [0.2, 0.25) is 5.15 Å². The maximum atomic E-state index is 12.4. The minimum Gasteiger partial charge on any atom is -0.434 e. The first-order valence-electron chi connectivity index (χ1n) is 5.79. The van der Waals surface area contributed by atoms with Crippen molar-refractivity contribution in [1.29, 1.82) is 0 Å². The summed E-state index contributed by atoms with van der Waals surface area (Å²) in [6.45, 7) is -0.998. The van der Waals surface area contributed by atoms with Gasteiger partial charge in [0.2, 0.25) is 0 Å². The average molecular weight is 364 g/mol. The Hall–Kier alpha value is -1.27. The van der Waals surface area contributed by atoms with E-state index in [0.717, 1.165) is 0 Å². The van der Waals surface area contributed by atoms with E-state index in [9.17, 15) is 8.78 Å². The Morgan fingerprint density at radius 2 is 2.00 bits per heavy atom. The van der Waals surface area contributed by atoms with Crippen molar-refractivity contribution >= 4 is 27.5 Å². The van der Waals surface area contributed by atoms with Gasteiger partial charge in [0.15, 0.2) is 5.82 Å². The predicted molar refractivity (Wildman–Crippen MR) is 76.2 cm³/mol. The van der Waals surface area contributed by atoms with Gasteiger partial charge in [0.05, 0.1) is 15.7 Å². The molecule has 0 aliphatic rings. The van der Waals surface area contributed by atoms with Crippen LogP contribution in [-0.4, -0.2) is 16.6 Å². The molecule has 0 bridgehead atoms.